The van der Waals surface area contributed by atoms with Crippen LogP contribution >= 0.6 is 0 Å². The van der Waals surface area contributed by atoms with Crippen LogP contribution in [-0.2, 0) is 19.7 Å². The largest absolute Gasteiger partial charge is 0.473 e. The fraction of sp³-hybridized carbons (Fsp3) is 0.192. The van der Waals surface area contributed by atoms with E-state index in [-0.39, 0.29) is 0 Å². The number of ether oxygens (including phenoxy) is 1. The molecule has 1 aliphatic rings. The van der Waals surface area contributed by atoms with E-state index in [1.807, 2.05) is 18.2 Å². The smallest absolute Gasteiger partial charge is 0.218 e. The normalized spacial score (nSPS) is 12.9. The van der Waals surface area contributed by atoms with Gasteiger partial charge in [0.1, 0.15) is 24.6 Å². The van der Waals surface area contributed by atoms with Gasteiger partial charge in [-0.2, -0.15) is 0 Å². The van der Waals surface area contributed by atoms with Crippen LogP contribution in [0.3, 0.4) is 0 Å². The average molecular weight is 454 g/mol. The number of hydrazine groups is 1. The lowest BCUT2D eigenvalue weighted by molar-refractivity contribution is 0.292. The Morgan fingerprint density at radius 1 is 1.03 bits per heavy atom. The highest BCUT2D eigenvalue weighted by Gasteiger charge is 2.08. The Morgan fingerprint density at radius 3 is 2.71 bits per heavy atom. The Kier molecular flexibility index (Phi) is 6.22. The number of nitrogen functional groups attached to an aromatic ring is 1. The Hall–Kier alpha value is -4.17. The lowest BCUT2D eigenvalue weighted by atomic mass is 10.0. The van der Waals surface area contributed by atoms with Crippen LogP contribution < -0.4 is 21.2 Å². The standard InChI is InChI=1S/C26H27N7O/c1-18-21(7-8-23-22(18)9-11-28-26(23)27)14-29-24-13-25(31-17-30-24)34-16-20-5-3-19(4-6-20)15-33-12-2-10-32-33/h2-9,11-13,17,32H,10,14-16H2,1H3,(H2,27,28)(H,29,30,31). The minimum Gasteiger partial charge on any atom is -0.473 e. The van der Waals surface area contributed by atoms with Gasteiger partial charge in [0.15, 0.2) is 0 Å². The van der Waals surface area contributed by atoms with Crippen LogP contribution in [0.4, 0.5) is 11.6 Å². The number of nitrogens with zero attached hydrogens (tertiary/aromatic N) is 4. The van der Waals surface area contributed by atoms with E-state index in [1.165, 1.54) is 23.0 Å². The van der Waals surface area contributed by atoms with Gasteiger partial charge in [0.05, 0.1) is 6.54 Å². The number of rotatable bonds is 8. The van der Waals surface area contributed by atoms with Crippen molar-refractivity contribution in [1.82, 2.24) is 25.4 Å². The zero-order valence-electron chi connectivity index (χ0n) is 19.0. The molecular formula is C26H27N7O. The minimum atomic E-state index is 0.442. The quantitative estimate of drug-likeness (QED) is 0.369. The lowest BCUT2D eigenvalue weighted by Crippen LogP contribution is -2.27. The van der Waals surface area contributed by atoms with Crippen molar-refractivity contribution < 1.29 is 4.74 Å². The molecular weight excluding hydrogens is 426 g/mol. The van der Waals surface area contributed by atoms with Gasteiger partial charge in [-0.1, -0.05) is 42.5 Å². The molecule has 0 unspecified atom stereocenters. The predicted octanol–water partition coefficient (Wildman–Crippen LogP) is 3.94. The fourth-order valence-corrected chi connectivity index (χ4v) is 3.97. The third-order valence-electron chi connectivity index (χ3n) is 5.92. The van der Waals surface area contributed by atoms with E-state index >= 15 is 0 Å². The summed E-state index contributed by atoms with van der Waals surface area (Å²) in [6, 6.07) is 16.3. The SMILES string of the molecule is Cc1c(CNc2cc(OCc3ccc(CN4C=CCN4)cc3)ncn2)ccc2c(N)nccc12. The summed E-state index contributed by atoms with van der Waals surface area (Å²) in [7, 11) is 0. The molecule has 1 aliphatic heterocycles. The molecule has 5 rings (SSSR count). The van der Waals surface area contributed by atoms with E-state index in [9.17, 15) is 0 Å². The molecule has 0 saturated carbocycles. The molecule has 4 aromatic rings. The minimum absolute atomic E-state index is 0.442. The molecule has 0 spiro atoms. The number of aryl methyl sites for hydroxylation is 1. The highest BCUT2D eigenvalue weighted by atomic mass is 16.5. The highest BCUT2D eigenvalue weighted by molar-refractivity contribution is 5.93. The molecule has 0 amide bonds. The lowest BCUT2D eigenvalue weighted by Gasteiger charge is -2.16. The molecule has 2 aromatic heterocycles. The maximum absolute atomic E-state index is 6.00. The summed E-state index contributed by atoms with van der Waals surface area (Å²) in [5, 5.41) is 7.52. The summed E-state index contributed by atoms with van der Waals surface area (Å²) in [5.74, 6) is 1.79. The molecule has 0 bridgehead atoms. The molecule has 3 heterocycles. The number of nitrogens with two attached hydrogens (primary N) is 1. The molecule has 2 aromatic carbocycles. The number of pyridine rings is 1. The van der Waals surface area contributed by atoms with Crippen molar-refractivity contribution in [2.24, 2.45) is 0 Å². The molecule has 8 heteroatoms. The van der Waals surface area contributed by atoms with Gasteiger partial charge >= 0.3 is 0 Å². The van der Waals surface area contributed by atoms with Gasteiger partial charge in [-0.25, -0.2) is 20.4 Å². The van der Waals surface area contributed by atoms with Crippen molar-refractivity contribution in [3.8, 4) is 5.88 Å². The first kappa shape index (κ1) is 21.7. The Morgan fingerprint density at radius 2 is 1.88 bits per heavy atom. The van der Waals surface area contributed by atoms with E-state index in [1.54, 1.807) is 6.20 Å². The summed E-state index contributed by atoms with van der Waals surface area (Å²) in [4.78, 5) is 12.7. The second kappa shape index (κ2) is 9.76. The van der Waals surface area contributed by atoms with Crippen LogP contribution in [0.15, 0.2) is 73.3 Å². The zero-order valence-corrected chi connectivity index (χ0v) is 19.0. The first-order valence-electron chi connectivity index (χ1n) is 11.2. The molecule has 8 nitrogen and oxygen atoms in total. The topological polar surface area (TPSA) is 101 Å². The molecule has 0 saturated heterocycles. The van der Waals surface area contributed by atoms with Crippen molar-refractivity contribution >= 4 is 22.4 Å². The number of nitrogens with one attached hydrogen (secondary N) is 2. The summed E-state index contributed by atoms with van der Waals surface area (Å²) in [6.45, 7) is 4.88. The van der Waals surface area contributed by atoms with Crippen LogP contribution in [0.2, 0.25) is 0 Å². The predicted molar refractivity (Wildman–Crippen MR) is 134 cm³/mol. The second-order valence-electron chi connectivity index (χ2n) is 8.22. The Bertz CT molecular complexity index is 1320. The van der Waals surface area contributed by atoms with E-state index in [0.29, 0.717) is 30.7 Å². The molecule has 172 valence electrons. The molecule has 0 aliphatic carbocycles. The molecule has 34 heavy (non-hydrogen) atoms. The first-order valence-corrected chi connectivity index (χ1v) is 11.2. The van der Waals surface area contributed by atoms with E-state index in [2.05, 4.69) is 80.2 Å². The molecule has 0 radical (unpaired) electrons. The average Bonchev–Trinajstić information content (AvgIpc) is 3.37. The van der Waals surface area contributed by atoms with Gasteiger partial charge in [-0.3, -0.25) is 0 Å². The third kappa shape index (κ3) is 4.92. The number of anilines is 2. The van der Waals surface area contributed by atoms with Crippen LogP contribution in [0.1, 0.15) is 22.3 Å². The van der Waals surface area contributed by atoms with Gasteiger partial charge in [-0.05, 0) is 40.6 Å². The van der Waals surface area contributed by atoms with Gasteiger partial charge in [-0.15, -0.1) is 0 Å². The van der Waals surface area contributed by atoms with Gasteiger partial charge in [0.2, 0.25) is 5.88 Å². The maximum atomic E-state index is 6.00. The number of benzene rings is 2. The van der Waals surface area contributed by atoms with Crippen molar-refractivity contribution in [1.29, 1.82) is 0 Å². The van der Waals surface area contributed by atoms with E-state index in [0.717, 1.165) is 29.4 Å². The second-order valence-corrected chi connectivity index (χ2v) is 8.22. The summed E-state index contributed by atoms with van der Waals surface area (Å²) >= 11 is 0. The summed E-state index contributed by atoms with van der Waals surface area (Å²) in [6.07, 6.45) is 7.42. The number of hydrogen-bond donors (Lipinski definition) is 3. The van der Waals surface area contributed by atoms with Crippen LogP contribution in [0, 0.1) is 6.92 Å². The first-order chi connectivity index (χ1) is 16.7. The molecule has 0 fully saturated rings. The van der Waals surface area contributed by atoms with Crippen LogP contribution in [-0.4, -0.2) is 26.5 Å². The molecule has 4 N–H and O–H groups in total. The van der Waals surface area contributed by atoms with Crippen molar-refractivity contribution in [2.45, 2.75) is 26.6 Å². The molecule has 0 atom stereocenters. The van der Waals surface area contributed by atoms with Crippen LogP contribution in [0.25, 0.3) is 10.8 Å². The van der Waals surface area contributed by atoms with Crippen molar-refractivity contribution in [3.05, 3.63) is 95.6 Å². The van der Waals surface area contributed by atoms with E-state index < -0.39 is 0 Å². The maximum Gasteiger partial charge on any atom is 0.218 e. The number of aromatic nitrogens is 3. The van der Waals surface area contributed by atoms with Crippen molar-refractivity contribution in [3.63, 3.8) is 0 Å². The fourth-order valence-electron chi connectivity index (χ4n) is 3.97. The zero-order chi connectivity index (χ0) is 23.3. The third-order valence-corrected chi connectivity index (χ3v) is 5.92. The monoisotopic (exact) mass is 453 g/mol. The Balaban J connectivity index is 1.18. The van der Waals surface area contributed by atoms with Gasteiger partial charge in [0, 0.05) is 36.9 Å². The summed E-state index contributed by atoms with van der Waals surface area (Å²) < 4.78 is 5.91. The number of fused-ring (bicyclic) bond motifs is 1. The van der Waals surface area contributed by atoms with Gasteiger partial charge < -0.3 is 20.8 Å². The number of hydrogen-bond acceptors (Lipinski definition) is 8. The van der Waals surface area contributed by atoms with E-state index in [4.69, 9.17) is 10.5 Å². The Labute approximate surface area is 198 Å². The summed E-state index contributed by atoms with van der Waals surface area (Å²) in [5.41, 5.74) is 13.9. The van der Waals surface area contributed by atoms with Gasteiger partial charge in [0.25, 0.3) is 0 Å². The highest BCUT2D eigenvalue weighted by Crippen LogP contribution is 2.25. The van der Waals surface area contributed by atoms with Crippen LogP contribution in [0.5, 0.6) is 5.88 Å². The van der Waals surface area contributed by atoms with Crippen molar-refractivity contribution in [2.75, 3.05) is 17.6 Å².